The van der Waals surface area contributed by atoms with Crippen LogP contribution >= 0.6 is 15.4 Å². The van der Waals surface area contributed by atoms with Crippen molar-refractivity contribution in [1.29, 1.82) is 0 Å². The lowest BCUT2D eigenvalue weighted by molar-refractivity contribution is -0.0868. The lowest BCUT2D eigenvalue weighted by Crippen LogP contribution is -2.36. The van der Waals surface area contributed by atoms with Crippen molar-refractivity contribution in [3.63, 3.8) is 0 Å². The third kappa shape index (κ3) is 8.47. The summed E-state index contributed by atoms with van der Waals surface area (Å²) >= 11 is 0. The lowest BCUT2D eigenvalue weighted by Gasteiger charge is -2.24. The van der Waals surface area contributed by atoms with E-state index in [1.807, 2.05) is 0 Å². The molecular formula is C14H24N2O11P2. The van der Waals surface area contributed by atoms with E-state index in [1.54, 1.807) is 0 Å². The second kappa shape index (κ2) is 11.7. The summed E-state index contributed by atoms with van der Waals surface area (Å²) in [4.78, 5) is 34.8. The summed E-state index contributed by atoms with van der Waals surface area (Å²) in [6.07, 6.45) is 0.201. The third-order valence-corrected chi connectivity index (χ3v) is 5.92. The molecule has 0 aromatic carbocycles. The van der Waals surface area contributed by atoms with Gasteiger partial charge < -0.3 is 23.4 Å². The normalized spacial score (nSPS) is 16.6. The van der Waals surface area contributed by atoms with Crippen LogP contribution in [0, 0.1) is 0 Å². The molecule has 0 aliphatic heterocycles. The van der Waals surface area contributed by atoms with Gasteiger partial charge in [0.15, 0.2) is 6.23 Å². The number of nitrogens with one attached hydrogen (secondary N) is 1. The number of nitrogens with zero attached hydrogens (tertiary/aromatic N) is 1. The van der Waals surface area contributed by atoms with Crippen molar-refractivity contribution in [3.8, 4) is 0 Å². The zero-order valence-electron chi connectivity index (χ0n) is 16.2. The van der Waals surface area contributed by atoms with E-state index in [-0.39, 0.29) is 6.61 Å². The van der Waals surface area contributed by atoms with Gasteiger partial charge in [0.2, 0.25) is 0 Å². The van der Waals surface area contributed by atoms with Crippen LogP contribution in [0.3, 0.4) is 0 Å². The second-order valence-electron chi connectivity index (χ2n) is 5.30. The van der Waals surface area contributed by atoms with Crippen molar-refractivity contribution in [2.75, 3.05) is 41.7 Å². The van der Waals surface area contributed by atoms with E-state index in [4.69, 9.17) is 23.0 Å². The molecule has 1 rings (SSSR count). The summed E-state index contributed by atoms with van der Waals surface area (Å²) in [6.45, 7) is -0.659. The Morgan fingerprint density at radius 2 is 1.79 bits per heavy atom. The number of phosphoric ester groups is 1. The van der Waals surface area contributed by atoms with Crippen LogP contribution in [0.15, 0.2) is 33.7 Å². The van der Waals surface area contributed by atoms with Crippen molar-refractivity contribution >= 4 is 15.4 Å². The van der Waals surface area contributed by atoms with Gasteiger partial charge in [-0.1, -0.05) is 0 Å². The molecule has 0 saturated heterocycles. The van der Waals surface area contributed by atoms with Gasteiger partial charge in [0, 0.05) is 46.5 Å². The molecule has 0 saturated carbocycles. The molecule has 13 nitrogen and oxygen atoms in total. The Kier molecular flexibility index (Phi) is 10.3. The number of aromatic amines is 1. The van der Waals surface area contributed by atoms with Crippen LogP contribution in [0.2, 0.25) is 0 Å². The summed E-state index contributed by atoms with van der Waals surface area (Å²) < 4.78 is 54.2. The van der Waals surface area contributed by atoms with Crippen molar-refractivity contribution in [2.24, 2.45) is 0 Å². The van der Waals surface area contributed by atoms with E-state index in [0.29, 0.717) is 0 Å². The standard InChI is InChI=1S/C14H24N2O11P2/c1-22-10-13(16-7-5-12(17)15-14(16)18)27-11(9-26-29(20,21)25-4)6-8-28(19,23-2)24-3/h5-8,11,13H,9-10H2,1-4H3,(H,20,21)(H,15,17,18)/b8-6+/t11-,13-/m1/s1. The van der Waals surface area contributed by atoms with Crippen LogP contribution in [-0.2, 0) is 36.7 Å². The molecule has 2 N–H and O–H groups in total. The lowest BCUT2D eigenvalue weighted by atomic mass is 10.3. The number of H-pyrrole nitrogens is 1. The Balaban J connectivity index is 3.18. The number of aromatic nitrogens is 2. The number of hydrogen-bond acceptors (Lipinski definition) is 10. The quantitative estimate of drug-likeness (QED) is 0.402. The van der Waals surface area contributed by atoms with E-state index in [0.717, 1.165) is 23.6 Å². The van der Waals surface area contributed by atoms with E-state index in [9.17, 15) is 23.6 Å². The number of rotatable bonds is 13. The second-order valence-corrected chi connectivity index (χ2v) is 8.96. The molecule has 0 spiro atoms. The number of methoxy groups -OCH3 is 1. The first kappa shape index (κ1) is 25.6. The minimum Gasteiger partial charge on any atom is -0.380 e. The molecule has 0 bridgehead atoms. The minimum absolute atomic E-state index is 0.135. The highest BCUT2D eigenvalue weighted by atomic mass is 31.2. The van der Waals surface area contributed by atoms with Crippen molar-refractivity contribution < 1.29 is 41.6 Å². The number of phosphoric acid groups is 1. The topological polar surface area (TPSA) is 165 Å². The number of hydrogen-bond donors (Lipinski definition) is 2. The van der Waals surface area contributed by atoms with Crippen LogP contribution in [0.4, 0.5) is 0 Å². The number of ether oxygens (including phenoxy) is 2. The molecule has 15 heteroatoms. The highest BCUT2D eigenvalue weighted by Gasteiger charge is 2.25. The van der Waals surface area contributed by atoms with Gasteiger partial charge in [0.1, 0.15) is 6.10 Å². The maximum Gasteiger partial charge on any atom is 0.472 e. The molecule has 0 aliphatic carbocycles. The fourth-order valence-corrected chi connectivity index (χ4v) is 3.18. The largest absolute Gasteiger partial charge is 0.472 e. The molecule has 0 radical (unpaired) electrons. The Bertz CT molecular complexity index is 873. The Morgan fingerprint density at radius 3 is 2.31 bits per heavy atom. The van der Waals surface area contributed by atoms with E-state index in [2.05, 4.69) is 9.51 Å². The fraction of sp³-hybridized carbons (Fsp3) is 0.571. The van der Waals surface area contributed by atoms with Crippen LogP contribution in [0.5, 0.6) is 0 Å². The average molecular weight is 458 g/mol. The van der Waals surface area contributed by atoms with Gasteiger partial charge in [-0.25, -0.2) is 9.36 Å². The molecule has 1 aromatic heterocycles. The van der Waals surface area contributed by atoms with Crippen molar-refractivity contribution in [2.45, 2.75) is 12.3 Å². The molecule has 1 heterocycles. The molecule has 0 aliphatic rings. The van der Waals surface area contributed by atoms with Gasteiger partial charge in [0.25, 0.3) is 5.56 Å². The van der Waals surface area contributed by atoms with Gasteiger partial charge in [0.05, 0.1) is 13.2 Å². The molecule has 1 unspecified atom stereocenters. The smallest absolute Gasteiger partial charge is 0.380 e. The first-order valence-electron chi connectivity index (χ1n) is 7.99. The summed E-state index contributed by atoms with van der Waals surface area (Å²) in [6, 6.07) is 1.10. The minimum atomic E-state index is -4.35. The molecule has 3 atom stereocenters. The van der Waals surface area contributed by atoms with E-state index in [1.165, 1.54) is 33.6 Å². The highest BCUT2D eigenvalue weighted by Crippen LogP contribution is 2.48. The summed E-state index contributed by atoms with van der Waals surface area (Å²) in [5, 5.41) is 0. The Morgan fingerprint density at radius 1 is 1.14 bits per heavy atom. The molecule has 29 heavy (non-hydrogen) atoms. The van der Waals surface area contributed by atoms with E-state index >= 15 is 0 Å². The molecule has 166 valence electrons. The average Bonchev–Trinajstić information content (AvgIpc) is 2.69. The van der Waals surface area contributed by atoms with Crippen molar-refractivity contribution in [1.82, 2.24) is 9.55 Å². The zero-order valence-corrected chi connectivity index (χ0v) is 18.0. The zero-order chi connectivity index (χ0) is 22.1. The molecule has 1 aromatic rings. The Labute approximate surface area is 166 Å². The van der Waals surface area contributed by atoms with Gasteiger partial charge in [-0.2, -0.15) is 0 Å². The molecule has 0 amide bonds. The first-order chi connectivity index (χ1) is 13.6. The van der Waals surface area contributed by atoms with E-state index < -0.39 is 45.6 Å². The summed E-state index contributed by atoms with van der Waals surface area (Å²) in [5.74, 6) is 1.07. The third-order valence-electron chi connectivity index (χ3n) is 3.43. The van der Waals surface area contributed by atoms with Gasteiger partial charge in [-0.15, -0.1) is 0 Å². The van der Waals surface area contributed by atoms with Crippen LogP contribution in [0.1, 0.15) is 6.23 Å². The Hall–Kier alpha value is -1.40. The predicted molar refractivity (Wildman–Crippen MR) is 101 cm³/mol. The predicted octanol–water partition coefficient (Wildman–Crippen LogP) is 0.830. The monoisotopic (exact) mass is 458 g/mol. The molecule has 0 fully saturated rings. The van der Waals surface area contributed by atoms with Gasteiger partial charge in [-0.3, -0.25) is 28.0 Å². The maximum atomic E-state index is 12.2. The first-order valence-corrected chi connectivity index (χ1v) is 11.1. The highest BCUT2D eigenvalue weighted by molar-refractivity contribution is 7.57. The SMILES string of the molecule is COC[C@@H](O[C@H](/C=C/P(=O)(OC)OC)COP(=O)(O)OC)n1ccc(=O)[nH]c1=O. The fourth-order valence-electron chi connectivity index (χ4n) is 1.94. The molecular weight excluding hydrogens is 434 g/mol. The van der Waals surface area contributed by atoms with Gasteiger partial charge in [-0.05, 0) is 6.08 Å². The summed E-state index contributed by atoms with van der Waals surface area (Å²) in [5.41, 5.74) is -1.38. The maximum absolute atomic E-state index is 12.2. The van der Waals surface area contributed by atoms with Crippen LogP contribution in [-0.4, -0.2) is 62.2 Å². The van der Waals surface area contributed by atoms with Crippen LogP contribution in [0.25, 0.3) is 0 Å². The van der Waals surface area contributed by atoms with Gasteiger partial charge >= 0.3 is 21.1 Å². The summed E-state index contributed by atoms with van der Waals surface area (Å²) in [7, 11) is -3.26. The van der Waals surface area contributed by atoms with Crippen molar-refractivity contribution in [3.05, 3.63) is 45.0 Å². The van der Waals surface area contributed by atoms with Crippen LogP contribution < -0.4 is 11.2 Å².